The van der Waals surface area contributed by atoms with Crippen LogP contribution in [0.1, 0.15) is 17.3 Å². The zero-order chi connectivity index (χ0) is 14.8. The van der Waals surface area contributed by atoms with Gasteiger partial charge in [-0.3, -0.25) is 4.79 Å². The Morgan fingerprint density at radius 1 is 1.10 bits per heavy atom. The molecule has 0 atom stereocenters. The lowest BCUT2D eigenvalue weighted by atomic mass is 10.1. The third-order valence-corrected chi connectivity index (χ3v) is 3.94. The number of ketones is 1. The van der Waals surface area contributed by atoms with E-state index < -0.39 is 0 Å². The topological polar surface area (TPSA) is 34.9 Å². The summed E-state index contributed by atoms with van der Waals surface area (Å²) in [5.41, 5.74) is 3.77. The highest BCUT2D eigenvalue weighted by molar-refractivity contribution is 9.10. The van der Waals surface area contributed by atoms with Crippen LogP contribution in [-0.4, -0.2) is 15.6 Å². The zero-order valence-electron chi connectivity index (χ0n) is 11.5. The van der Waals surface area contributed by atoms with Crippen LogP contribution in [0.3, 0.4) is 0 Å². The van der Waals surface area contributed by atoms with Crippen LogP contribution in [-0.2, 0) is 0 Å². The molecule has 3 rings (SSSR count). The van der Waals surface area contributed by atoms with Crippen LogP contribution >= 0.6 is 15.9 Å². The molecule has 3 aromatic rings. The zero-order valence-corrected chi connectivity index (χ0v) is 13.0. The Bertz CT molecular complexity index is 794. The molecule has 0 spiro atoms. The van der Waals surface area contributed by atoms with Crippen molar-refractivity contribution in [2.45, 2.75) is 6.92 Å². The molecule has 0 radical (unpaired) electrons. The maximum absolute atomic E-state index is 11.5. The second-order valence-electron chi connectivity index (χ2n) is 4.76. The highest BCUT2D eigenvalue weighted by Crippen LogP contribution is 2.23. The molecule has 0 N–H and O–H groups in total. The summed E-state index contributed by atoms with van der Waals surface area (Å²) in [7, 11) is 0. The molecule has 0 saturated heterocycles. The summed E-state index contributed by atoms with van der Waals surface area (Å²) in [4.78, 5) is 11.5. The predicted octanol–water partition coefficient (Wildman–Crippen LogP) is 4.50. The van der Waals surface area contributed by atoms with Crippen molar-refractivity contribution in [3.05, 3.63) is 71.0 Å². The third kappa shape index (κ3) is 2.81. The molecule has 1 aromatic heterocycles. The van der Waals surface area contributed by atoms with Crippen LogP contribution < -0.4 is 0 Å². The summed E-state index contributed by atoms with van der Waals surface area (Å²) in [6, 6.07) is 15.7. The van der Waals surface area contributed by atoms with E-state index in [1.54, 1.807) is 11.6 Å². The van der Waals surface area contributed by atoms with Gasteiger partial charge in [-0.15, -0.1) is 0 Å². The van der Waals surface area contributed by atoms with Crippen LogP contribution in [0.4, 0.5) is 0 Å². The Morgan fingerprint density at radius 3 is 2.52 bits per heavy atom. The molecule has 4 heteroatoms. The van der Waals surface area contributed by atoms with E-state index in [-0.39, 0.29) is 5.78 Å². The Labute approximate surface area is 131 Å². The Hall–Kier alpha value is -2.20. The van der Waals surface area contributed by atoms with Gasteiger partial charge < -0.3 is 0 Å². The van der Waals surface area contributed by atoms with E-state index in [1.807, 2.05) is 48.8 Å². The van der Waals surface area contributed by atoms with Crippen LogP contribution in [0, 0.1) is 0 Å². The lowest BCUT2D eigenvalue weighted by Gasteiger charge is -2.05. The minimum atomic E-state index is 0.0406. The van der Waals surface area contributed by atoms with E-state index in [0.29, 0.717) is 5.56 Å². The fourth-order valence-electron chi connectivity index (χ4n) is 2.18. The third-order valence-electron chi connectivity index (χ3n) is 3.29. The van der Waals surface area contributed by atoms with Gasteiger partial charge in [0.25, 0.3) is 0 Å². The number of carbonyl (C=O) groups is 1. The number of hydrogen-bond donors (Lipinski definition) is 0. The molecule has 3 nitrogen and oxygen atoms in total. The van der Waals surface area contributed by atoms with Gasteiger partial charge in [0.15, 0.2) is 5.78 Å². The van der Waals surface area contributed by atoms with Gasteiger partial charge in [-0.2, -0.15) is 5.10 Å². The molecule has 0 fully saturated rings. The molecule has 104 valence electrons. The van der Waals surface area contributed by atoms with E-state index in [0.717, 1.165) is 21.3 Å². The van der Waals surface area contributed by atoms with E-state index in [2.05, 4.69) is 33.2 Å². The summed E-state index contributed by atoms with van der Waals surface area (Å²) in [5.74, 6) is 0.0406. The lowest BCUT2D eigenvalue weighted by molar-refractivity contribution is 0.101. The largest absolute Gasteiger partial charge is 0.294 e. The minimum absolute atomic E-state index is 0.0406. The number of hydrogen-bond acceptors (Lipinski definition) is 2. The molecular weight excluding hydrogens is 328 g/mol. The van der Waals surface area contributed by atoms with Crippen molar-refractivity contribution in [1.29, 1.82) is 0 Å². The number of Topliss-reactive ketones (excluding diaryl/α,β-unsaturated/α-hetero) is 1. The number of nitrogens with zero attached hydrogens (tertiary/aromatic N) is 2. The fourth-order valence-corrected chi connectivity index (χ4v) is 2.82. The van der Waals surface area contributed by atoms with E-state index in [4.69, 9.17) is 0 Å². The molecule has 0 unspecified atom stereocenters. The maximum Gasteiger partial charge on any atom is 0.160 e. The van der Waals surface area contributed by atoms with Gasteiger partial charge in [-0.05, 0) is 46.6 Å². The highest BCUT2D eigenvalue weighted by Gasteiger charge is 2.08. The summed E-state index contributed by atoms with van der Waals surface area (Å²) in [6.07, 6.45) is 3.81. The SMILES string of the molecule is CC(=O)c1ccc(-n2cc(-c3ccccc3)cn2)cc1Br. The average molecular weight is 341 g/mol. The van der Waals surface area contributed by atoms with Crippen molar-refractivity contribution in [3.8, 4) is 16.8 Å². The molecule has 0 amide bonds. The first-order chi connectivity index (χ1) is 10.1. The second kappa shape index (κ2) is 5.66. The molecule has 2 aromatic carbocycles. The van der Waals surface area contributed by atoms with Crippen molar-refractivity contribution in [2.24, 2.45) is 0 Å². The molecule has 0 bridgehead atoms. The van der Waals surface area contributed by atoms with E-state index >= 15 is 0 Å². The number of aromatic nitrogens is 2. The van der Waals surface area contributed by atoms with Gasteiger partial charge in [0.1, 0.15) is 0 Å². The van der Waals surface area contributed by atoms with Gasteiger partial charge >= 0.3 is 0 Å². The van der Waals surface area contributed by atoms with Crippen molar-refractivity contribution in [3.63, 3.8) is 0 Å². The smallest absolute Gasteiger partial charge is 0.160 e. The first-order valence-corrected chi connectivity index (χ1v) is 7.35. The summed E-state index contributed by atoms with van der Waals surface area (Å²) >= 11 is 3.43. The Morgan fingerprint density at radius 2 is 1.86 bits per heavy atom. The van der Waals surface area contributed by atoms with Crippen molar-refractivity contribution in [2.75, 3.05) is 0 Å². The Balaban J connectivity index is 1.97. The number of rotatable bonds is 3. The fraction of sp³-hybridized carbons (Fsp3) is 0.0588. The predicted molar refractivity (Wildman–Crippen MR) is 86.7 cm³/mol. The van der Waals surface area contributed by atoms with Crippen LogP contribution in [0.15, 0.2) is 65.4 Å². The molecule has 0 saturated carbocycles. The number of halogens is 1. The van der Waals surface area contributed by atoms with Gasteiger partial charge in [0, 0.05) is 21.8 Å². The molecule has 0 aliphatic heterocycles. The molecule has 0 aliphatic rings. The Kier molecular flexibility index (Phi) is 3.71. The molecule has 0 aliphatic carbocycles. The number of carbonyl (C=O) groups excluding carboxylic acids is 1. The first kappa shape index (κ1) is 13.8. The summed E-state index contributed by atoms with van der Waals surface area (Å²) in [5, 5.41) is 4.39. The highest BCUT2D eigenvalue weighted by atomic mass is 79.9. The van der Waals surface area contributed by atoms with Gasteiger partial charge in [-0.25, -0.2) is 4.68 Å². The molecular formula is C17H13BrN2O. The quantitative estimate of drug-likeness (QED) is 0.657. The minimum Gasteiger partial charge on any atom is -0.294 e. The molecule has 1 heterocycles. The van der Waals surface area contributed by atoms with Gasteiger partial charge in [0.2, 0.25) is 0 Å². The van der Waals surface area contributed by atoms with Crippen LogP contribution in [0.25, 0.3) is 16.8 Å². The normalized spacial score (nSPS) is 10.6. The summed E-state index contributed by atoms with van der Waals surface area (Å²) < 4.78 is 2.58. The van der Waals surface area contributed by atoms with Gasteiger partial charge in [-0.1, -0.05) is 30.3 Å². The van der Waals surface area contributed by atoms with E-state index in [9.17, 15) is 4.79 Å². The van der Waals surface area contributed by atoms with Crippen molar-refractivity contribution >= 4 is 21.7 Å². The summed E-state index contributed by atoms with van der Waals surface area (Å²) in [6.45, 7) is 1.56. The van der Waals surface area contributed by atoms with E-state index in [1.165, 1.54) is 0 Å². The maximum atomic E-state index is 11.5. The average Bonchev–Trinajstić information content (AvgIpc) is 2.97. The van der Waals surface area contributed by atoms with Crippen LogP contribution in [0.5, 0.6) is 0 Å². The molecule has 21 heavy (non-hydrogen) atoms. The monoisotopic (exact) mass is 340 g/mol. The van der Waals surface area contributed by atoms with Crippen LogP contribution in [0.2, 0.25) is 0 Å². The lowest BCUT2D eigenvalue weighted by Crippen LogP contribution is -1.98. The first-order valence-electron chi connectivity index (χ1n) is 6.56. The number of benzene rings is 2. The van der Waals surface area contributed by atoms with Gasteiger partial charge in [0.05, 0.1) is 11.9 Å². The van der Waals surface area contributed by atoms with Crippen molar-refractivity contribution < 1.29 is 4.79 Å². The standard InChI is InChI=1S/C17H13BrN2O/c1-12(21)16-8-7-15(9-17(16)18)20-11-14(10-19-20)13-5-3-2-4-6-13/h2-11H,1H3. The van der Waals surface area contributed by atoms with Crippen molar-refractivity contribution in [1.82, 2.24) is 9.78 Å². The second-order valence-corrected chi connectivity index (χ2v) is 5.61.